The molecule has 0 saturated carbocycles. The maximum atomic E-state index is 12.2. The fraction of sp³-hybridized carbons (Fsp3) is 0.545. The SMILES string of the molecule is CS[C@@H]1CC(CO)OC1n1c(=O)sc2c(=O)[nH]c(N)nc21. The third-order valence-electron chi connectivity index (χ3n) is 3.40. The first-order valence-electron chi connectivity index (χ1n) is 6.25. The molecule has 0 bridgehead atoms. The number of aliphatic hydroxyl groups is 1. The summed E-state index contributed by atoms with van der Waals surface area (Å²) in [7, 11) is 0. The van der Waals surface area contributed by atoms with Crippen LogP contribution in [0.25, 0.3) is 10.3 Å². The summed E-state index contributed by atoms with van der Waals surface area (Å²) in [4.78, 5) is 30.2. The number of nitrogens with one attached hydrogen (secondary N) is 1. The highest BCUT2D eigenvalue weighted by Crippen LogP contribution is 2.36. The lowest BCUT2D eigenvalue weighted by atomic mass is 10.2. The summed E-state index contributed by atoms with van der Waals surface area (Å²) >= 11 is 2.36. The molecule has 10 heteroatoms. The predicted molar refractivity (Wildman–Crippen MR) is 81.8 cm³/mol. The van der Waals surface area contributed by atoms with Crippen molar-refractivity contribution in [2.75, 3.05) is 18.6 Å². The van der Waals surface area contributed by atoms with E-state index < -0.39 is 11.8 Å². The van der Waals surface area contributed by atoms with Gasteiger partial charge in [-0.05, 0) is 12.7 Å². The van der Waals surface area contributed by atoms with Crippen LogP contribution in [0.2, 0.25) is 0 Å². The van der Waals surface area contributed by atoms with E-state index in [2.05, 4.69) is 9.97 Å². The Morgan fingerprint density at radius 1 is 1.62 bits per heavy atom. The van der Waals surface area contributed by atoms with Crippen LogP contribution in [0, 0.1) is 0 Å². The summed E-state index contributed by atoms with van der Waals surface area (Å²) in [6.07, 6.45) is 1.65. The molecule has 1 saturated heterocycles. The van der Waals surface area contributed by atoms with Crippen LogP contribution in [0.1, 0.15) is 12.6 Å². The van der Waals surface area contributed by atoms with Gasteiger partial charge in [-0.3, -0.25) is 19.1 Å². The number of nitrogens with two attached hydrogens (primary N) is 1. The van der Waals surface area contributed by atoms with Gasteiger partial charge in [0.1, 0.15) is 4.70 Å². The van der Waals surface area contributed by atoms with E-state index in [4.69, 9.17) is 10.5 Å². The molecule has 0 aromatic carbocycles. The van der Waals surface area contributed by atoms with Crippen molar-refractivity contribution < 1.29 is 9.84 Å². The Kier molecular flexibility index (Phi) is 3.78. The number of fused-ring (bicyclic) bond motifs is 1. The van der Waals surface area contributed by atoms with Crippen LogP contribution in [0.3, 0.4) is 0 Å². The van der Waals surface area contributed by atoms with E-state index in [1.165, 1.54) is 4.57 Å². The fourth-order valence-electron chi connectivity index (χ4n) is 2.44. The molecule has 2 aromatic heterocycles. The summed E-state index contributed by atoms with van der Waals surface area (Å²) in [5.74, 6) is -0.0449. The zero-order valence-electron chi connectivity index (χ0n) is 11.1. The molecule has 3 heterocycles. The van der Waals surface area contributed by atoms with Gasteiger partial charge in [-0.1, -0.05) is 11.3 Å². The number of aromatic amines is 1. The number of thiazole rings is 1. The van der Waals surface area contributed by atoms with Crippen LogP contribution in [-0.2, 0) is 4.74 Å². The smallest absolute Gasteiger partial charge is 0.311 e. The Hall–Kier alpha value is -1.36. The Balaban J connectivity index is 2.18. The van der Waals surface area contributed by atoms with Crippen LogP contribution < -0.4 is 16.2 Å². The topological polar surface area (TPSA) is 123 Å². The predicted octanol–water partition coefficient (Wildman–Crippen LogP) is -0.260. The highest BCUT2D eigenvalue weighted by atomic mass is 32.2. The highest BCUT2D eigenvalue weighted by Gasteiger charge is 2.38. The van der Waals surface area contributed by atoms with E-state index in [9.17, 15) is 14.7 Å². The summed E-state index contributed by atoms with van der Waals surface area (Å²) in [6.45, 7) is -0.111. The molecule has 8 nitrogen and oxygen atoms in total. The van der Waals surface area contributed by atoms with Gasteiger partial charge in [-0.15, -0.1) is 0 Å². The second-order valence-electron chi connectivity index (χ2n) is 4.68. The molecule has 4 N–H and O–H groups in total. The van der Waals surface area contributed by atoms with Crippen LogP contribution in [0.5, 0.6) is 0 Å². The van der Waals surface area contributed by atoms with Gasteiger partial charge in [0.2, 0.25) is 5.95 Å². The molecule has 3 rings (SSSR count). The van der Waals surface area contributed by atoms with Gasteiger partial charge in [-0.2, -0.15) is 16.7 Å². The second kappa shape index (κ2) is 5.44. The van der Waals surface area contributed by atoms with E-state index >= 15 is 0 Å². The molecule has 0 amide bonds. The van der Waals surface area contributed by atoms with Crippen molar-refractivity contribution in [2.45, 2.75) is 24.0 Å². The van der Waals surface area contributed by atoms with E-state index in [1.807, 2.05) is 6.26 Å². The molecule has 21 heavy (non-hydrogen) atoms. The summed E-state index contributed by atoms with van der Waals surface area (Å²) < 4.78 is 7.32. The lowest BCUT2D eigenvalue weighted by Gasteiger charge is -2.18. The molecule has 1 aliphatic rings. The van der Waals surface area contributed by atoms with Crippen molar-refractivity contribution in [3.05, 3.63) is 20.0 Å². The summed E-state index contributed by atoms with van der Waals surface area (Å²) in [6, 6.07) is 0. The number of aliphatic hydroxyl groups excluding tert-OH is 1. The minimum absolute atomic E-state index is 0.0000350. The maximum Gasteiger partial charge on any atom is 0.311 e. The lowest BCUT2D eigenvalue weighted by Crippen LogP contribution is -2.26. The minimum atomic E-state index is -0.563. The van der Waals surface area contributed by atoms with Gasteiger partial charge < -0.3 is 15.6 Å². The number of thioether (sulfide) groups is 1. The van der Waals surface area contributed by atoms with Gasteiger partial charge >= 0.3 is 4.87 Å². The van der Waals surface area contributed by atoms with Gasteiger partial charge in [0.25, 0.3) is 5.56 Å². The number of nitrogens with zero attached hydrogens (tertiary/aromatic N) is 2. The van der Waals surface area contributed by atoms with Crippen molar-refractivity contribution in [1.82, 2.24) is 14.5 Å². The number of aromatic nitrogens is 3. The standard InChI is InChI=1S/C11H14N4O4S2/c1-20-5-2-4(3-16)19-9(5)15-7-6(21-11(15)18)8(17)14-10(12)13-7/h4-5,9,16H,2-3H2,1H3,(H3,12,13,14,17)/t4?,5-,9?/m1/s1. The molecule has 2 unspecified atom stereocenters. The van der Waals surface area contributed by atoms with Gasteiger partial charge in [-0.25, -0.2) is 0 Å². The average Bonchev–Trinajstić information content (AvgIpc) is 2.99. The lowest BCUT2D eigenvalue weighted by molar-refractivity contribution is -0.0203. The molecule has 3 atom stereocenters. The van der Waals surface area contributed by atoms with E-state index in [-0.39, 0.29) is 39.1 Å². The molecule has 0 aliphatic carbocycles. The number of nitrogen functional groups attached to an aromatic ring is 1. The number of hydrogen-bond donors (Lipinski definition) is 3. The van der Waals surface area contributed by atoms with Crippen molar-refractivity contribution in [1.29, 1.82) is 0 Å². The zero-order valence-corrected chi connectivity index (χ0v) is 12.7. The Labute approximate surface area is 126 Å². The summed E-state index contributed by atoms with van der Waals surface area (Å²) in [5, 5.41) is 9.26. The first-order valence-corrected chi connectivity index (χ1v) is 8.35. The minimum Gasteiger partial charge on any atom is -0.394 e. The molecule has 2 aromatic rings. The van der Waals surface area contributed by atoms with E-state index in [0.717, 1.165) is 11.3 Å². The van der Waals surface area contributed by atoms with Crippen LogP contribution >= 0.6 is 23.1 Å². The molecule has 114 valence electrons. The molecule has 1 aliphatic heterocycles. The normalized spacial score (nSPS) is 25.7. The average molecular weight is 330 g/mol. The molecule has 0 radical (unpaired) electrons. The van der Waals surface area contributed by atoms with Gasteiger partial charge in [0, 0.05) is 0 Å². The Bertz CT molecular complexity index is 783. The molecule has 1 fully saturated rings. The Morgan fingerprint density at radius 2 is 2.38 bits per heavy atom. The van der Waals surface area contributed by atoms with Crippen LogP contribution in [0.15, 0.2) is 9.59 Å². The van der Waals surface area contributed by atoms with Crippen LogP contribution in [0.4, 0.5) is 5.95 Å². The fourth-order valence-corrected chi connectivity index (χ4v) is 4.11. The van der Waals surface area contributed by atoms with Gasteiger partial charge in [0.05, 0.1) is 18.0 Å². The largest absolute Gasteiger partial charge is 0.394 e. The third-order valence-corrected chi connectivity index (χ3v) is 5.37. The van der Waals surface area contributed by atoms with Crippen molar-refractivity contribution in [3.63, 3.8) is 0 Å². The first-order chi connectivity index (χ1) is 10.0. The monoisotopic (exact) mass is 330 g/mol. The number of rotatable bonds is 3. The van der Waals surface area contributed by atoms with Crippen molar-refractivity contribution in [3.8, 4) is 0 Å². The molecule has 0 spiro atoms. The number of anilines is 1. The maximum absolute atomic E-state index is 12.2. The van der Waals surface area contributed by atoms with Crippen molar-refractivity contribution >= 4 is 39.4 Å². The zero-order chi connectivity index (χ0) is 15.1. The first kappa shape index (κ1) is 14.6. The van der Waals surface area contributed by atoms with Gasteiger partial charge in [0.15, 0.2) is 11.9 Å². The number of H-pyrrole nitrogens is 1. The van der Waals surface area contributed by atoms with Crippen LogP contribution in [-0.4, -0.2) is 43.9 Å². The summed E-state index contributed by atoms with van der Waals surface area (Å²) in [5.41, 5.74) is 5.35. The van der Waals surface area contributed by atoms with Crippen molar-refractivity contribution in [2.24, 2.45) is 0 Å². The number of ether oxygens (including phenoxy) is 1. The Morgan fingerprint density at radius 3 is 3.05 bits per heavy atom. The quantitative estimate of drug-likeness (QED) is 0.708. The van der Waals surface area contributed by atoms with E-state index in [0.29, 0.717) is 6.42 Å². The number of hydrogen-bond acceptors (Lipinski definition) is 8. The highest BCUT2D eigenvalue weighted by molar-refractivity contribution is 7.99. The van der Waals surface area contributed by atoms with E-state index in [1.54, 1.807) is 11.8 Å². The third kappa shape index (κ3) is 2.37. The molecular formula is C11H14N4O4S2. The molecular weight excluding hydrogens is 316 g/mol. The second-order valence-corrected chi connectivity index (χ2v) is 6.72.